The van der Waals surface area contributed by atoms with Crippen LogP contribution in [0.15, 0.2) is 0 Å². The highest BCUT2D eigenvalue weighted by Gasteiger charge is 2.63. The third kappa shape index (κ3) is 3.61. The molecule has 0 bridgehead atoms. The lowest BCUT2D eigenvalue weighted by molar-refractivity contribution is -0.269. The van der Waals surface area contributed by atoms with Crippen LogP contribution in [0.2, 0.25) is 0 Å². The largest absolute Gasteiger partial charge is 0.463 e. The molecule has 0 saturated carbocycles. The molecule has 1 unspecified atom stereocenters. The van der Waals surface area contributed by atoms with E-state index in [4.69, 9.17) is 5.73 Å². The van der Waals surface area contributed by atoms with Crippen molar-refractivity contribution in [2.75, 3.05) is 6.54 Å². The number of nitrogens with one attached hydrogen (secondary N) is 1. The average Bonchev–Trinajstić information content (AvgIpc) is 2.11. The summed E-state index contributed by atoms with van der Waals surface area (Å²) in [6.45, 7) is 1.19. The Hall–Kier alpha value is -0.920. The Balaban J connectivity index is 4.33. The second-order valence-corrected chi connectivity index (χ2v) is 2.95. The lowest BCUT2D eigenvalue weighted by atomic mass is 10.2. The minimum atomic E-state index is -5.88. The molecule has 0 aliphatic heterocycles. The zero-order chi connectivity index (χ0) is 12.3. The third-order valence-corrected chi connectivity index (χ3v) is 1.69. The van der Waals surface area contributed by atoms with Crippen molar-refractivity contribution in [3.63, 3.8) is 0 Å². The highest BCUT2D eigenvalue weighted by molar-refractivity contribution is 5.84. The van der Waals surface area contributed by atoms with Crippen molar-refractivity contribution in [3.05, 3.63) is 0 Å². The summed E-state index contributed by atoms with van der Waals surface area (Å²) < 4.78 is 59.5. The van der Waals surface area contributed by atoms with Gasteiger partial charge in [0.15, 0.2) is 0 Å². The maximum absolute atomic E-state index is 12.3. The molecule has 3 N–H and O–H groups in total. The van der Waals surface area contributed by atoms with E-state index < -0.39 is 30.6 Å². The fraction of sp³-hybridized carbons (Fsp3) is 0.857. The maximum atomic E-state index is 12.3. The van der Waals surface area contributed by atoms with Gasteiger partial charge in [0.25, 0.3) is 5.91 Å². The van der Waals surface area contributed by atoms with Crippen molar-refractivity contribution in [3.8, 4) is 0 Å². The first-order chi connectivity index (χ1) is 6.63. The third-order valence-electron chi connectivity index (χ3n) is 1.69. The second kappa shape index (κ2) is 4.73. The quantitative estimate of drug-likeness (QED) is 0.714. The molecule has 1 atom stereocenters. The smallest absolute Gasteiger partial charge is 0.349 e. The molecule has 3 nitrogen and oxygen atoms in total. The first-order valence-electron chi connectivity index (χ1n) is 4.11. The van der Waals surface area contributed by atoms with Gasteiger partial charge in [0.2, 0.25) is 0 Å². The summed E-state index contributed by atoms with van der Waals surface area (Å²) in [6, 6.07) is -0.641. The normalized spacial score (nSPS) is 14.9. The van der Waals surface area contributed by atoms with Crippen LogP contribution in [0.3, 0.4) is 0 Å². The molecular weight excluding hydrogens is 223 g/mol. The summed E-state index contributed by atoms with van der Waals surface area (Å²) in [6.07, 6.45) is -5.52. The summed E-state index contributed by atoms with van der Waals surface area (Å²) >= 11 is 0. The van der Waals surface area contributed by atoms with Crippen LogP contribution >= 0.6 is 0 Å². The van der Waals surface area contributed by atoms with E-state index in [0.29, 0.717) is 6.42 Å². The summed E-state index contributed by atoms with van der Waals surface area (Å²) in [5, 5.41) is 1.45. The molecule has 0 heterocycles. The number of halogens is 5. The summed E-state index contributed by atoms with van der Waals surface area (Å²) in [7, 11) is 0. The van der Waals surface area contributed by atoms with Crippen molar-refractivity contribution < 1.29 is 26.7 Å². The van der Waals surface area contributed by atoms with E-state index in [2.05, 4.69) is 0 Å². The van der Waals surface area contributed by atoms with Gasteiger partial charge in [-0.3, -0.25) is 4.79 Å². The van der Waals surface area contributed by atoms with Crippen LogP contribution in [0.4, 0.5) is 22.0 Å². The predicted molar refractivity (Wildman–Crippen MR) is 42.3 cm³/mol. The number of nitrogens with two attached hydrogens (primary N) is 1. The van der Waals surface area contributed by atoms with Crippen molar-refractivity contribution >= 4 is 5.91 Å². The van der Waals surface area contributed by atoms with Gasteiger partial charge in [-0.15, -0.1) is 0 Å². The van der Waals surface area contributed by atoms with E-state index in [1.807, 2.05) is 0 Å². The molecule has 0 spiro atoms. The van der Waals surface area contributed by atoms with E-state index in [9.17, 15) is 26.7 Å². The zero-order valence-electron chi connectivity index (χ0n) is 7.87. The van der Waals surface area contributed by atoms with Gasteiger partial charge in [0.05, 0.1) is 0 Å². The molecule has 15 heavy (non-hydrogen) atoms. The standard InChI is InChI=1S/C7H11F5N2O/c1-2-4(13)3-14-5(15)6(8,9)7(10,11)12/h4H,2-3,13H2,1H3,(H,14,15). The topological polar surface area (TPSA) is 55.1 Å². The minimum Gasteiger partial charge on any atom is -0.349 e. The van der Waals surface area contributed by atoms with Crippen LogP contribution in [0, 0.1) is 0 Å². The molecule has 0 fully saturated rings. The second-order valence-electron chi connectivity index (χ2n) is 2.95. The van der Waals surface area contributed by atoms with Gasteiger partial charge in [0.1, 0.15) is 0 Å². The van der Waals surface area contributed by atoms with Gasteiger partial charge in [-0.25, -0.2) is 0 Å². The molecule has 0 aromatic rings. The molecule has 1 amide bonds. The fourth-order valence-electron chi connectivity index (χ4n) is 0.608. The van der Waals surface area contributed by atoms with E-state index >= 15 is 0 Å². The lowest BCUT2D eigenvalue weighted by Gasteiger charge is -2.19. The number of carbonyl (C=O) groups is 1. The van der Waals surface area contributed by atoms with Gasteiger partial charge < -0.3 is 11.1 Å². The molecule has 0 radical (unpaired) electrons. The molecule has 8 heteroatoms. The number of rotatable bonds is 4. The Kier molecular flexibility index (Phi) is 4.44. The van der Waals surface area contributed by atoms with Crippen molar-refractivity contribution in [2.24, 2.45) is 5.73 Å². The number of amides is 1. The van der Waals surface area contributed by atoms with E-state index in [-0.39, 0.29) is 0 Å². The van der Waals surface area contributed by atoms with E-state index in [1.54, 1.807) is 6.92 Å². The SMILES string of the molecule is CCC(N)CNC(=O)C(F)(F)C(F)(F)F. The Labute approximate surface area is 82.8 Å². The van der Waals surface area contributed by atoms with Crippen LogP contribution in [0.5, 0.6) is 0 Å². The molecule has 0 aliphatic carbocycles. The summed E-state index contributed by atoms with van der Waals surface area (Å²) in [5.41, 5.74) is 5.23. The van der Waals surface area contributed by atoms with Crippen LogP contribution in [-0.4, -0.2) is 30.6 Å². The van der Waals surface area contributed by atoms with Gasteiger partial charge in [-0.1, -0.05) is 6.92 Å². The molecule has 0 aromatic heterocycles. The number of hydrogen-bond acceptors (Lipinski definition) is 2. The lowest BCUT2D eigenvalue weighted by Crippen LogP contribution is -2.52. The van der Waals surface area contributed by atoms with Crippen LogP contribution in [-0.2, 0) is 4.79 Å². The molecule has 0 aliphatic rings. The van der Waals surface area contributed by atoms with Gasteiger partial charge in [-0.2, -0.15) is 22.0 Å². The molecule has 0 rings (SSSR count). The Bertz CT molecular complexity index is 228. The molecular formula is C7H11F5N2O. The van der Waals surface area contributed by atoms with Gasteiger partial charge >= 0.3 is 12.1 Å². The monoisotopic (exact) mass is 234 g/mol. The van der Waals surface area contributed by atoms with Crippen LogP contribution < -0.4 is 11.1 Å². The highest BCUT2D eigenvalue weighted by Crippen LogP contribution is 2.35. The van der Waals surface area contributed by atoms with Gasteiger partial charge in [-0.05, 0) is 6.42 Å². The summed E-state index contributed by atoms with van der Waals surface area (Å²) in [5.74, 6) is -7.75. The Morgan fingerprint density at radius 3 is 2.13 bits per heavy atom. The Morgan fingerprint density at radius 1 is 1.33 bits per heavy atom. The summed E-state index contributed by atoms with van der Waals surface area (Å²) in [4.78, 5) is 10.5. The first-order valence-corrected chi connectivity index (χ1v) is 4.11. The number of carbonyl (C=O) groups excluding carboxylic acids is 1. The van der Waals surface area contributed by atoms with Crippen molar-refractivity contribution in [1.82, 2.24) is 5.32 Å². The maximum Gasteiger partial charge on any atom is 0.463 e. The predicted octanol–water partition coefficient (Wildman–Crippen LogP) is 1.04. The fourth-order valence-corrected chi connectivity index (χ4v) is 0.608. The van der Waals surface area contributed by atoms with E-state index in [1.165, 1.54) is 5.32 Å². The molecule has 90 valence electrons. The molecule has 0 aromatic carbocycles. The first kappa shape index (κ1) is 14.1. The van der Waals surface area contributed by atoms with Gasteiger partial charge in [0, 0.05) is 12.6 Å². The van der Waals surface area contributed by atoms with Crippen LogP contribution in [0.25, 0.3) is 0 Å². The highest BCUT2D eigenvalue weighted by atomic mass is 19.4. The Morgan fingerprint density at radius 2 is 1.80 bits per heavy atom. The number of alkyl halides is 5. The minimum absolute atomic E-state index is 0.359. The molecule has 0 saturated heterocycles. The van der Waals surface area contributed by atoms with Crippen molar-refractivity contribution in [2.45, 2.75) is 31.5 Å². The van der Waals surface area contributed by atoms with E-state index in [0.717, 1.165) is 0 Å². The zero-order valence-corrected chi connectivity index (χ0v) is 7.87. The van der Waals surface area contributed by atoms with Crippen molar-refractivity contribution in [1.29, 1.82) is 0 Å². The average molecular weight is 234 g/mol. The number of hydrogen-bond donors (Lipinski definition) is 2. The van der Waals surface area contributed by atoms with Crippen LogP contribution in [0.1, 0.15) is 13.3 Å².